The van der Waals surface area contributed by atoms with Gasteiger partial charge in [-0.1, -0.05) is 6.92 Å². The summed E-state index contributed by atoms with van der Waals surface area (Å²) >= 11 is 1.94. The quantitative estimate of drug-likeness (QED) is 0.914. The van der Waals surface area contributed by atoms with Gasteiger partial charge in [0.15, 0.2) is 0 Å². The highest BCUT2D eigenvalue weighted by atomic mass is 32.1. The highest BCUT2D eigenvalue weighted by Gasteiger charge is 2.32. The zero-order chi connectivity index (χ0) is 14.1. The van der Waals surface area contributed by atoms with E-state index in [2.05, 4.69) is 42.6 Å². The van der Waals surface area contributed by atoms with E-state index in [0.29, 0.717) is 6.04 Å². The summed E-state index contributed by atoms with van der Waals surface area (Å²) < 4.78 is 0. The number of hydrogen-bond donors (Lipinski definition) is 1. The average Bonchev–Trinajstić information content (AvgIpc) is 2.91. The standard InChI is InChI=1S/C17H28N2S/c1-12-4-5-16(18-3)14(10-12)11-19-8-6-17-15(13(19)2)7-9-20-17/h7,9,12-14,16,18H,4-6,8,10-11H2,1-3H3. The van der Waals surface area contributed by atoms with Crippen LogP contribution in [0.25, 0.3) is 0 Å². The van der Waals surface area contributed by atoms with Crippen molar-refractivity contribution in [3.8, 4) is 0 Å². The highest BCUT2D eigenvalue weighted by Crippen LogP contribution is 2.36. The van der Waals surface area contributed by atoms with Crippen LogP contribution in [0.4, 0.5) is 0 Å². The molecule has 1 aromatic rings. The Morgan fingerprint density at radius 2 is 2.20 bits per heavy atom. The zero-order valence-electron chi connectivity index (χ0n) is 13.1. The number of nitrogens with zero attached hydrogens (tertiary/aromatic N) is 1. The van der Waals surface area contributed by atoms with Gasteiger partial charge in [0.2, 0.25) is 0 Å². The van der Waals surface area contributed by atoms with Crippen LogP contribution in [0.1, 0.15) is 49.6 Å². The SMILES string of the molecule is CNC1CCC(C)CC1CN1CCc2sccc2C1C. The monoisotopic (exact) mass is 292 g/mol. The van der Waals surface area contributed by atoms with E-state index in [1.54, 1.807) is 10.4 Å². The van der Waals surface area contributed by atoms with Gasteiger partial charge in [-0.15, -0.1) is 11.3 Å². The third kappa shape index (κ3) is 2.81. The summed E-state index contributed by atoms with van der Waals surface area (Å²) in [4.78, 5) is 4.35. The zero-order valence-corrected chi connectivity index (χ0v) is 13.9. The number of fused-ring (bicyclic) bond motifs is 1. The average molecular weight is 292 g/mol. The second-order valence-electron chi connectivity index (χ2n) is 6.79. The molecule has 0 aromatic carbocycles. The van der Waals surface area contributed by atoms with Crippen LogP contribution >= 0.6 is 11.3 Å². The van der Waals surface area contributed by atoms with Crippen molar-refractivity contribution in [2.24, 2.45) is 11.8 Å². The molecule has 2 heterocycles. The molecule has 0 amide bonds. The predicted molar refractivity (Wildman–Crippen MR) is 87.4 cm³/mol. The van der Waals surface area contributed by atoms with E-state index >= 15 is 0 Å². The molecule has 3 rings (SSSR count). The van der Waals surface area contributed by atoms with E-state index in [9.17, 15) is 0 Å². The minimum absolute atomic E-state index is 0.611. The third-order valence-corrected chi connectivity index (χ3v) is 6.48. The van der Waals surface area contributed by atoms with Gasteiger partial charge in [0.25, 0.3) is 0 Å². The van der Waals surface area contributed by atoms with Crippen molar-refractivity contribution in [2.75, 3.05) is 20.1 Å². The Labute approximate surface area is 127 Å². The Balaban J connectivity index is 1.68. The first kappa shape index (κ1) is 14.6. The molecule has 1 saturated carbocycles. The van der Waals surface area contributed by atoms with E-state index in [0.717, 1.165) is 17.9 Å². The van der Waals surface area contributed by atoms with Gasteiger partial charge in [-0.2, -0.15) is 0 Å². The first-order valence-electron chi connectivity index (χ1n) is 8.16. The Kier molecular flexibility index (Phi) is 4.49. The van der Waals surface area contributed by atoms with E-state index in [1.807, 2.05) is 11.3 Å². The minimum atomic E-state index is 0.611. The third-order valence-electron chi connectivity index (χ3n) is 5.49. The van der Waals surface area contributed by atoms with Crippen molar-refractivity contribution in [1.29, 1.82) is 0 Å². The van der Waals surface area contributed by atoms with E-state index in [4.69, 9.17) is 0 Å². The summed E-state index contributed by atoms with van der Waals surface area (Å²) in [5, 5.41) is 5.84. The molecule has 2 aliphatic rings. The summed E-state index contributed by atoms with van der Waals surface area (Å²) in [6.45, 7) is 7.34. The first-order chi connectivity index (χ1) is 9.69. The lowest BCUT2D eigenvalue weighted by molar-refractivity contribution is 0.116. The second-order valence-corrected chi connectivity index (χ2v) is 7.79. The van der Waals surface area contributed by atoms with Gasteiger partial charge >= 0.3 is 0 Å². The fourth-order valence-electron chi connectivity index (χ4n) is 4.19. The molecule has 112 valence electrons. The topological polar surface area (TPSA) is 15.3 Å². The lowest BCUT2D eigenvalue weighted by Crippen LogP contribution is -2.46. The van der Waals surface area contributed by atoms with Gasteiger partial charge in [0.05, 0.1) is 0 Å². The second kappa shape index (κ2) is 6.17. The van der Waals surface area contributed by atoms with Crippen LogP contribution in [-0.4, -0.2) is 31.1 Å². The summed E-state index contributed by atoms with van der Waals surface area (Å²) in [5.74, 6) is 1.73. The molecule has 0 radical (unpaired) electrons. The predicted octanol–water partition coefficient (Wildman–Crippen LogP) is 3.69. The molecule has 1 aliphatic carbocycles. The minimum Gasteiger partial charge on any atom is -0.317 e. The molecular formula is C17H28N2S. The molecule has 0 bridgehead atoms. The summed E-state index contributed by atoms with van der Waals surface area (Å²) in [7, 11) is 2.14. The molecule has 0 saturated heterocycles. The van der Waals surface area contributed by atoms with Gasteiger partial charge in [0.1, 0.15) is 0 Å². The fraction of sp³-hybridized carbons (Fsp3) is 0.765. The molecule has 4 unspecified atom stereocenters. The fourth-order valence-corrected chi connectivity index (χ4v) is 5.16. The smallest absolute Gasteiger partial charge is 0.0331 e. The van der Waals surface area contributed by atoms with Crippen molar-refractivity contribution in [3.63, 3.8) is 0 Å². The first-order valence-corrected chi connectivity index (χ1v) is 9.04. The molecule has 1 fully saturated rings. The van der Waals surface area contributed by atoms with Gasteiger partial charge < -0.3 is 5.32 Å². The summed E-state index contributed by atoms with van der Waals surface area (Å²) in [6, 6.07) is 3.68. The molecule has 1 N–H and O–H groups in total. The molecule has 1 aromatic heterocycles. The number of hydrogen-bond acceptors (Lipinski definition) is 3. The van der Waals surface area contributed by atoms with Gasteiger partial charge in [0, 0.05) is 30.1 Å². The van der Waals surface area contributed by atoms with Crippen LogP contribution in [0.5, 0.6) is 0 Å². The van der Waals surface area contributed by atoms with Crippen LogP contribution < -0.4 is 5.32 Å². The van der Waals surface area contributed by atoms with Crippen molar-refractivity contribution < 1.29 is 0 Å². The summed E-state index contributed by atoms with van der Waals surface area (Å²) in [6.07, 6.45) is 5.40. The van der Waals surface area contributed by atoms with Crippen LogP contribution in [0.15, 0.2) is 11.4 Å². The maximum atomic E-state index is 3.57. The molecule has 20 heavy (non-hydrogen) atoms. The maximum absolute atomic E-state index is 3.57. The Morgan fingerprint density at radius 1 is 1.35 bits per heavy atom. The largest absolute Gasteiger partial charge is 0.317 e. The Morgan fingerprint density at radius 3 is 3.00 bits per heavy atom. The normalized spacial score (nSPS) is 35.0. The van der Waals surface area contributed by atoms with Crippen LogP contribution in [0, 0.1) is 11.8 Å². The van der Waals surface area contributed by atoms with Gasteiger partial charge in [-0.05, 0) is 68.5 Å². The van der Waals surface area contributed by atoms with E-state index < -0.39 is 0 Å². The van der Waals surface area contributed by atoms with Crippen molar-refractivity contribution in [1.82, 2.24) is 10.2 Å². The Bertz CT molecular complexity index is 442. The molecule has 2 nitrogen and oxygen atoms in total. The molecule has 1 aliphatic heterocycles. The Hall–Kier alpha value is -0.380. The number of nitrogens with one attached hydrogen (secondary N) is 1. The molecule has 0 spiro atoms. The molecule has 3 heteroatoms. The van der Waals surface area contributed by atoms with E-state index in [-0.39, 0.29) is 0 Å². The number of thiophene rings is 1. The van der Waals surface area contributed by atoms with Gasteiger partial charge in [-0.3, -0.25) is 4.90 Å². The van der Waals surface area contributed by atoms with Gasteiger partial charge in [-0.25, -0.2) is 0 Å². The maximum Gasteiger partial charge on any atom is 0.0331 e. The van der Waals surface area contributed by atoms with Crippen molar-refractivity contribution in [2.45, 2.75) is 51.6 Å². The molecular weight excluding hydrogens is 264 g/mol. The number of rotatable bonds is 3. The van der Waals surface area contributed by atoms with Crippen LogP contribution in [0.2, 0.25) is 0 Å². The van der Waals surface area contributed by atoms with Crippen LogP contribution in [0.3, 0.4) is 0 Å². The van der Waals surface area contributed by atoms with Crippen molar-refractivity contribution >= 4 is 11.3 Å². The van der Waals surface area contributed by atoms with E-state index in [1.165, 1.54) is 38.8 Å². The lowest BCUT2D eigenvalue weighted by atomic mass is 9.78. The highest BCUT2D eigenvalue weighted by molar-refractivity contribution is 7.10. The van der Waals surface area contributed by atoms with Crippen molar-refractivity contribution in [3.05, 3.63) is 21.9 Å². The molecule has 4 atom stereocenters. The lowest BCUT2D eigenvalue weighted by Gasteiger charge is -2.41. The summed E-state index contributed by atoms with van der Waals surface area (Å²) in [5.41, 5.74) is 1.59. The van der Waals surface area contributed by atoms with Crippen LogP contribution in [-0.2, 0) is 6.42 Å².